The third kappa shape index (κ3) is 7.49. The first-order valence-electron chi connectivity index (χ1n) is 12.4. The standard InChI is InChI=1S/C30H31N3O4S/c1-30(2,3)37-29(36)25(18-22-13-8-5-9-14-22)31-27(34)20-33-28(35)23(17-21-11-6-4-7-12-21)19-24(32-33)26-15-10-16-38-26/h4-16,19,25H,17-18,20H2,1-3H3,(H,31,34)/t25-/m0/s1. The molecule has 4 rings (SSSR count). The van der Waals surface area contributed by atoms with Gasteiger partial charge in [0.2, 0.25) is 5.91 Å². The van der Waals surface area contributed by atoms with Gasteiger partial charge in [0, 0.05) is 18.4 Å². The predicted molar refractivity (Wildman–Crippen MR) is 149 cm³/mol. The molecule has 1 atom stereocenters. The van der Waals surface area contributed by atoms with Crippen LogP contribution in [0.3, 0.4) is 0 Å². The van der Waals surface area contributed by atoms with E-state index in [2.05, 4.69) is 10.4 Å². The van der Waals surface area contributed by atoms with Crippen LogP contribution in [-0.4, -0.2) is 33.3 Å². The molecule has 2 heterocycles. The van der Waals surface area contributed by atoms with Gasteiger partial charge in [-0.15, -0.1) is 11.3 Å². The first-order chi connectivity index (χ1) is 18.2. The van der Waals surface area contributed by atoms with Crippen molar-refractivity contribution in [1.29, 1.82) is 0 Å². The van der Waals surface area contributed by atoms with Gasteiger partial charge in [-0.1, -0.05) is 66.7 Å². The smallest absolute Gasteiger partial charge is 0.329 e. The number of benzene rings is 2. The molecular weight excluding hydrogens is 498 g/mol. The second-order valence-corrected chi connectivity index (χ2v) is 10.9. The number of thiophene rings is 1. The van der Waals surface area contributed by atoms with Gasteiger partial charge in [-0.3, -0.25) is 9.59 Å². The van der Waals surface area contributed by atoms with Crippen LogP contribution >= 0.6 is 11.3 Å². The van der Waals surface area contributed by atoms with E-state index in [1.165, 1.54) is 16.0 Å². The average molecular weight is 530 g/mol. The molecular formula is C30H31N3O4S. The van der Waals surface area contributed by atoms with Gasteiger partial charge in [-0.05, 0) is 49.4 Å². The molecule has 0 unspecified atom stereocenters. The second kappa shape index (κ2) is 12.0. The Labute approximate surface area is 226 Å². The fourth-order valence-corrected chi connectivity index (χ4v) is 4.66. The van der Waals surface area contributed by atoms with Gasteiger partial charge in [0.25, 0.3) is 5.56 Å². The molecule has 8 heteroatoms. The average Bonchev–Trinajstić information content (AvgIpc) is 3.41. The molecule has 0 spiro atoms. The predicted octanol–water partition coefficient (Wildman–Crippen LogP) is 4.63. The second-order valence-electron chi connectivity index (χ2n) is 10.0. The summed E-state index contributed by atoms with van der Waals surface area (Å²) in [6.45, 7) is 5.01. The van der Waals surface area contributed by atoms with Gasteiger partial charge >= 0.3 is 5.97 Å². The fourth-order valence-electron chi connectivity index (χ4n) is 3.98. The Morgan fingerprint density at radius 3 is 2.24 bits per heavy atom. The van der Waals surface area contributed by atoms with Crippen LogP contribution in [0.4, 0.5) is 0 Å². The minimum Gasteiger partial charge on any atom is -0.458 e. The van der Waals surface area contributed by atoms with E-state index in [4.69, 9.17) is 4.74 Å². The number of hydrogen-bond acceptors (Lipinski definition) is 6. The van der Waals surface area contributed by atoms with E-state index in [0.29, 0.717) is 17.7 Å². The van der Waals surface area contributed by atoms with Crippen molar-refractivity contribution in [3.63, 3.8) is 0 Å². The number of nitrogens with one attached hydrogen (secondary N) is 1. The summed E-state index contributed by atoms with van der Waals surface area (Å²) in [5.41, 5.74) is 1.96. The van der Waals surface area contributed by atoms with Gasteiger partial charge in [0.15, 0.2) is 0 Å². The van der Waals surface area contributed by atoms with E-state index in [1.54, 1.807) is 26.8 Å². The van der Waals surface area contributed by atoms with Crippen molar-refractivity contribution in [3.8, 4) is 10.6 Å². The van der Waals surface area contributed by atoms with Gasteiger partial charge in [0.05, 0.1) is 4.88 Å². The summed E-state index contributed by atoms with van der Waals surface area (Å²) >= 11 is 1.51. The number of ether oxygens (including phenoxy) is 1. The third-order valence-electron chi connectivity index (χ3n) is 5.66. The minimum absolute atomic E-state index is 0.262. The molecule has 0 saturated heterocycles. The van der Waals surface area contributed by atoms with Crippen LogP contribution in [0.25, 0.3) is 10.6 Å². The first kappa shape index (κ1) is 27.0. The first-order valence-corrected chi connectivity index (χ1v) is 13.3. The Hall–Kier alpha value is -4.04. The van der Waals surface area contributed by atoms with Crippen LogP contribution in [0.2, 0.25) is 0 Å². The van der Waals surface area contributed by atoms with Crippen LogP contribution in [0.5, 0.6) is 0 Å². The molecule has 0 aliphatic rings. The van der Waals surface area contributed by atoms with E-state index >= 15 is 0 Å². The van der Waals surface area contributed by atoms with E-state index in [9.17, 15) is 14.4 Å². The molecule has 4 aromatic rings. The molecule has 1 amide bonds. The number of hydrogen-bond donors (Lipinski definition) is 1. The molecule has 7 nitrogen and oxygen atoms in total. The van der Waals surface area contributed by atoms with Crippen molar-refractivity contribution in [2.75, 3.05) is 0 Å². The number of amides is 1. The molecule has 2 aromatic carbocycles. The molecule has 0 saturated carbocycles. The molecule has 0 fully saturated rings. The zero-order valence-corrected chi connectivity index (χ0v) is 22.5. The lowest BCUT2D eigenvalue weighted by atomic mass is 10.1. The number of nitrogens with zero attached hydrogens (tertiary/aromatic N) is 2. The Morgan fingerprint density at radius 2 is 1.63 bits per heavy atom. The van der Waals surface area contributed by atoms with Crippen LogP contribution in [0.15, 0.2) is 89.0 Å². The quantitative estimate of drug-likeness (QED) is 0.319. The molecule has 0 bridgehead atoms. The highest BCUT2D eigenvalue weighted by molar-refractivity contribution is 7.13. The topological polar surface area (TPSA) is 90.3 Å². The maximum Gasteiger partial charge on any atom is 0.329 e. The zero-order valence-electron chi connectivity index (χ0n) is 21.7. The lowest BCUT2D eigenvalue weighted by Crippen LogP contribution is -2.47. The monoisotopic (exact) mass is 529 g/mol. The zero-order chi connectivity index (χ0) is 27.1. The molecule has 1 N–H and O–H groups in total. The molecule has 0 aliphatic carbocycles. The van der Waals surface area contributed by atoms with Crippen LogP contribution in [-0.2, 0) is 33.7 Å². The number of esters is 1. The fraction of sp³-hybridized carbons (Fsp3) is 0.267. The summed E-state index contributed by atoms with van der Waals surface area (Å²) in [5.74, 6) is -1.03. The number of carbonyl (C=O) groups is 2. The normalized spacial score (nSPS) is 12.1. The molecule has 196 valence electrons. The van der Waals surface area contributed by atoms with Crippen LogP contribution in [0.1, 0.15) is 37.5 Å². The van der Waals surface area contributed by atoms with Crippen LogP contribution in [0, 0.1) is 0 Å². The lowest BCUT2D eigenvalue weighted by molar-refractivity contribution is -0.158. The van der Waals surface area contributed by atoms with Crippen LogP contribution < -0.4 is 10.9 Å². The molecule has 0 aliphatic heterocycles. The van der Waals surface area contributed by atoms with Gasteiger partial charge in [-0.2, -0.15) is 5.10 Å². The van der Waals surface area contributed by atoms with Crippen molar-refractivity contribution in [2.24, 2.45) is 0 Å². The number of carbonyl (C=O) groups excluding carboxylic acids is 2. The minimum atomic E-state index is -0.913. The van der Waals surface area contributed by atoms with E-state index < -0.39 is 23.5 Å². The van der Waals surface area contributed by atoms with E-state index in [-0.39, 0.29) is 18.5 Å². The van der Waals surface area contributed by atoms with Crippen molar-refractivity contribution >= 4 is 23.2 Å². The summed E-state index contributed by atoms with van der Waals surface area (Å²) in [7, 11) is 0. The molecule has 2 aromatic heterocycles. The van der Waals surface area contributed by atoms with Crippen molar-refractivity contribution in [2.45, 2.75) is 51.8 Å². The highest BCUT2D eigenvalue weighted by Crippen LogP contribution is 2.23. The highest BCUT2D eigenvalue weighted by atomic mass is 32.1. The lowest BCUT2D eigenvalue weighted by Gasteiger charge is -2.25. The summed E-state index contributed by atoms with van der Waals surface area (Å²) in [6.07, 6.45) is 0.676. The molecule has 38 heavy (non-hydrogen) atoms. The molecule has 0 radical (unpaired) electrons. The Balaban J connectivity index is 1.60. The Bertz CT molecular complexity index is 1430. The van der Waals surface area contributed by atoms with E-state index in [0.717, 1.165) is 16.0 Å². The van der Waals surface area contributed by atoms with Crippen molar-refractivity contribution < 1.29 is 14.3 Å². The summed E-state index contributed by atoms with van der Waals surface area (Å²) in [6, 6.07) is 23.8. The highest BCUT2D eigenvalue weighted by Gasteiger charge is 2.27. The maximum absolute atomic E-state index is 13.4. The van der Waals surface area contributed by atoms with Gasteiger partial charge in [0.1, 0.15) is 23.9 Å². The van der Waals surface area contributed by atoms with Crippen molar-refractivity contribution in [1.82, 2.24) is 15.1 Å². The Morgan fingerprint density at radius 1 is 0.974 bits per heavy atom. The summed E-state index contributed by atoms with van der Waals surface area (Å²) in [5, 5.41) is 9.20. The maximum atomic E-state index is 13.4. The van der Waals surface area contributed by atoms with Crippen molar-refractivity contribution in [3.05, 3.63) is 111 Å². The Kier molecular flexibility index (Phi) is 8.53. The SMILES string of the molecule is CC(C)(C)OC(=O)[C@H](Cc1ccccc1)NC(=O)Cn1nc(-c2cccs2)cc(Cc2ccccc2)c1=O. The van der Waals surface area contributed by atoms with Gasteiger partial charge in [-0.25, -0.2) is 9.48 Å². The number of rotatable bonds is 9. The summed E-state index contributed by atoms with van der Waals surface area (Å²) < 4.78 is 6.74. The largest absolute Gasteiger partial charge is 0.458 e. The van der Waals surface area contributed by atoms with Gasteiger partial charge < -0.3 is 10.1 Å². The third-order valence-corrected chi connectivity index (χ3v) is 6.55. The summed E-state index contributed by atoms with van der Waals surface area (Å²) in [4.78, 5) is 40.4. The van der Waals surface area contributed by atoms with E-state index in [1.807, 2.05) is 78.2 Å². The number of aromatic nitrogens is 2.